The van der Waals surface area contributed by atoms with Gasteiger partial charge in [-0.25, -0.2) is 8.42 Å². The number of aromatic nitrogens is 1. The Kier molecular flexibility index (Phi) is 5.86. The Hall–Kier alpha value is -3.63. The van der Waals surface area contributed by atoms with Gasteiger partial charge in [0.1, 0.15) is 5.75 Å². The van der Waals surface area contributed by atoms with Crippen LogP contribution in [0.15, 0.2) is 82.5 Å². The Morgan fingerprint density at radius 2 is 1.77 bits per heavy atom. The molecule has 1 aliphatic rings. The van der Waals surface area contributed by atoms with Crippen molar-refractivity contribution in [3.8, 4) is 5.75 Å². The maximum Gasteiger partial charge on any atom is 0.308 e. The number of para-hydroxylation sites is 2. The van der Waals surface area contributed by atoms with E-state index in [-0.39, 0.29) is 22.4 Å². The lowest BCUT2D eigenvalue weighted by molar-refractivity contribution is -0.122. The predicted octanol–water partition coefficient (Wildman–Crippen LogP) is 4.24. The number of hydrogen-bond acceptors (Lipinski definition) is 6. The van der Waals surface area contributed by atoms with Crippen molar-refractivity contribution < 1.29 is 17.9 Å². The second-order valence-corrected chi connectivity index (χ2v) is 11.3. The van der Waals surface area contributed by atoms with Crippen LogP contribution < -0.4 is 19.2 Å². The van der Waals surface area contributed by atoms with Gasteiger partial charge >= 0.3 is 4.87 Å². The van der Waals surface area contributed by atoms with Crippen molar-refractivity contribution in [1.82, 2.24) is 4.57 Å². The number of benzene rings is 3. The first kappa shape index (κ1) is 23.1. The molecule has 0 saturated heterocycles. The summed E-state index contributed by atoms with van der Waals surface area (Å²) < 4.78 is 36.4. The summed E-state index contributed by atoms with van der Waals surface area (Å²) in [4.78, 5) is 25.6. The lowest BCUT2D eigenvalue weighted by Crippen LogP contribution is -2.48. The minimum Gasteiger partial charge on any atom is -0.476 e. The van der Waals surface area contributed by atoms with Gasteiger partial charge in [-0.1, -0.05) is 41.7 Å². The van der Waals surface area contributed by atoms with Crippen LogP contribution in [-0.2, 0) is 14.8 Å². The number of nitrogens with zero attached hydrogens (tertiary/aromatic N) is 2. The molecule has 35 heavy (non-hydrogen) atoms. The van der Waals surface area contributed by atoms with E-state index in [4.69, 9.17) is 4.74 Å². The largest absolute Gasteiger partial charge is 0.476 e. The molecule has 3 aromatic carbocycles. The lowest BCUT2D eigenvalue weighted by atomic mass is 10.2. The molecule has 1 atom stereocenters. The molecule has 5 rings (SSSR count). The van der Waals surface area contributed by atoms with Gasteiger partial charge in [0.05, 0.1) is 27.3 Å². The smallest absolute Gasteiger partial charge is 0.308 e. The van der Waals surface area contributed by atoms with Crippen LogP contribution in [0.25, 0.3) is 10.2 Å². The molecule has 1 aliphatic heterocycles. The number of carbonyl (C=O) groups is 1. The molecule has 0 spiro atoms. The number of anilines is 2. The molecule has 0 bridgehead atoms. The van der Waals surface area contributed by atoms with Gasteiger partial charge in [-0.3, -0.25) is 18.5 Å². The zero-order valence-corrected chi connectivity index (χ0v) is 20.7. The van der Waals surface area contributed by atoms with Gasteiger partial charge in [-0.15, -0.1) is 0 Å². The fraction of sp³-hybridized carbons (Fsp3) is 0.200. The second-order valence-electron chi connectivity index (χ2n) is 8.43. The van der Waals surface area contributed by atoms with Crippen molar-refractivity contribution in [2.75, 3.05) is 16.2 Å². The summed E-state index contributed by atoms with van der Waals surface area (Å²) in [6, 6.07) is 20.1. The highest BCUT2D eigenvalue weighted by atomic mass is 32.2. The molecule has 4 aromatic rings. The van der Waals surface area contributed by atoms with E-state index in [1.807, 2.05) is 13.8 Å². The summed E-state index contributed by atoms with van der Waals surface area (Å²) in [7, 11) is -3.92. The van der Waals surface area contributed by atoms with Crippen LogP contribution >= 0.6 is 11.3 Å². The van der Waals surface area contributed by atoms with E-state index in [1.165, 1.54) is 16.4 Å². The maximum atomic E-state index is 13.4. The van der Waals surface area contributed by atoms with Crippen molar-refractivity contribution in [2.45, 2.75) is 30.9 Å². The first-order valence-corrected chi connectivity index (χ1v) is 13.3. The minimum atomic E-state index is -3.92. The number of amides is 1. The molecule has 10 heteroatoms. The maximum absolute atomic E-state index is 13.4. The van der Waals surface area contributed by atoms with Gasteiger partial charge in [-0.05, 0) is 56.3 Å². The van der Waals surface area contributed by atoms with Crippen molar-refractivity contribution in [1.29, 1.82) is 0 Å². The van der Waals surface area contributed by atoms with Gasteiger partial charge in [0.25, 0.3) is 15.9 Å². The van der Waals surface area contributed by atoms with Crippen LogP contribution in [0.5, 0.6) is 5.75 Å². The molecule has 0 saturated carbocycles. The van der Waals surface area contributed by atoms with Gasteiger partial charge in [0.15, 0.2) is 6.10 Å². The average molecular weight is 510 g/mol. The molecule has 1 unspecified atom stereocenters. The number of fused-ring (bicyclic) bond motifs is 2. The van der Waals surface area contributed by atoms with E-state index in [9.17, 15) is 18.0 Å². The third-order valence-electron chi connectivity index (χ3n) is 5.76. The normalized spacial score (nSPS) is 15.6. The summed E-state index contributed by atoms with van der Waals surface area (Å²) in [6.07, 6.45) is -1.07. The number of carbonyl (C=O) groups excluding carboxylic acids is 1. The molecular weight excluding hydrogens is 486 g/mol. The van der Waals surface area contributed by atoms with Crippen LogP contribution in [0.2, 0.25) is 0 Å². The van der Waals surface area contributed by atoms with E-state index >= 15 is 0 Å². The summed E-state index contributed by atoms with van der Waals surface area (Å²) in [6.45, 7) is 3.70. The Morgan fingerprint density at radius 1 is 1.06 bits per heavy atom. The zero-order valence-electron chi connectivity index (χ0n) is 19.0. The Balaban J connectivity index is 1.44. The van der Waals surface area contributed by atoms with Crippen LogP contribution in [0.4, 0.5) is 11.4 Å². The summed E-state index contributed by atoms with van der Waals surface area (Å²) >= 11 is 1.11. The first-order valence-electron chi connectivity index (χ1n) is 11.0. The highest BCUT2D eigenvalue weighted by molar-refractivity contribution is 7.92. The predicted molar refractivity (Wildman–Crippen MR) is 137 cm³/mol. The standard InChI is InChI=1S/C25H23N3O5S2/c1-16(2)28-20-13-12-17(14-23(20)34-25(28)30)26-24(29)22-15-27(19-10-6-7-11-21(19)33-22)35(31,32)18-8-4-3-5-9-18/h3-14,16,22H,15H2,1-2H3,(H,26,29). The van der Waals surface area contributed by atoms with Crippen LogP contribution in [0.3, 0.4) is 0 Å². The molecule has 1 amide bonds. The fourth-order valence-corrected chi connectivity index (χ4v) is 6.66. The van der Waals surface area contributed by atoms with E-state index in [0.717, 1.165) is 21.6 Å². The summed E-state index contributed by atoms with van der Waals surface area (Å²) in [5.74, 6) is -0.177. The number of ether oxygens (including phenoxy) is 1. The molecule has 0 fully saturated rings. The van der Waals surface area contributed by atoms with Gasteiger partial charge < -0.3 is 10.1 Å². The minimum absolute atomic E-state index is 0.0185. The highest BCUT2D eigenvalue weighted by Crippen LogP contribution is 2.37. The molecule has 180 valence electrons. The van der Waals surface area contributed by atoms with Crippen LogP contribution in [0, 0.1) is 0 Å². The van der Waals surface area contributed by atoms with Crippen LogP contribution in [-0.4, -0.2) is 31.5 Å². The third-order valence-corrected chi connectivity index (χ3v) is 8.47. The van der Waals surface area contributed by atoms with Crippen LogP contribution in [0.1, 0.15) is 19.9 Å². The van der Waals surface area contributed by atoms with Crippen molar-refractivity contribution >= 4 is 48.9 Å². The number of rotatable bonds is 5. The highest BCUT2D eigenvalue weighted by Gasteiger charge is 2.37. The Bertz CT molecular complexity index is 1580. The number of hydrogen-bond donors (Lipinski definition) is 1. The fourth-order valence-electron chi connectivity index (χ4n) is 4.11. The van der Waals surface area contributed by atoms with E-state index in [1.54, 1.807) is 65.2 Å². The number of thiazole rings is 1. The first-order chi connectivity index (χ1) is 16.8. The molecule has 1 aromatic heterocycles. The van der Waals surface area contributed by atoms with Crippen molar-refractivity contribution in [2.24, 2.45) is 0 Å². The summed E-state index contributed by atoms with van der Waals surface area (Å²) in [5, 5.41) is 2.81. The number of sulfonamides is 1. The van der Waals surface area contributed by atoms with E-state index < -0.39 is 22.0 Å². The zero-order chi connectivity index (χ0) is 24.7. The van der Waals surface area contributed by atoms with E-state index in [0.29, 0.717) is 17.1 Å². The lowest BCUT2D eigenvalue weighted by Gasteiger charge is -2.34. The molecule has 0 radical (unpaired) electrons. The van der Waals surface area contributed by atoms with Crippen molar-refractivity contribution in [3.05, 3.63) is 82.5 Å². The molecular formula is C25H23N3O5S2. The summed E-state index contributed by atoms with van der Waals surface area (Å²) in [5.41, 5.74) is 1.68. The SMILES string of the molecule is CC(C)n1c(=O)sc2cc(NC(=O)C3CN(S(=O)(=O)c4ccccc4)c4ccccc4O3)ccc21. The molecule has 2 heterocycles. The molecule has 1 N–H and O–H groups in total. The molecule has 0 aliphatic carbocycles. The molecule has 8 nitrogen and oxygen atoms in total. The third kappa shape index (κ3) is 4.19. The monoisotopic (exact) mass is 509 g/mol. The van der Waals surface area contributed by atoms with Gasteiger partial charge in [0, 0.05) is 11.7 Å². The Morgan fingerprint density at radius 3 is 2.51 bits per heavy atom. The quantitative estimate of drug-likeness (QED) is 0.434. The van der Waals surface area contributed by atoms with Crippen molar-refractivity contribution in [3.63, 3.8) is 0 Å². The topological polar surface area (TPSA) is 97.7 Å². The Labute approximate surface area is 206 Å². The van der Waals surface area contributed by atoms with Gasteiger partial charge in [0.2, 0.25) is 0 Å². The average Bonchev–Trinajstić information content (AvgIpc) is 3.18. The van der Waals surface area contributed by atoms with Gasteiger partial charge in [-0.2, -0.15) is 0 Å². The van der Waals surface area contributed by atoms with E-state index in [2.05, 4.69) is 5.32 Å². The number of nitrogens with one attached hydrogen (secondary N) is 1. The second kappa shape index (κ2) is 8.86.